The Hall–Kier alpha value is -1.71. The fourth-order valence-corrected chi connectivity index (χ4v) is 1.63. The van der Waals surface area contributed by atoms with Gasteiger partial charge in [-0.1, -0.05) is 12.1 Å². The van der Waals surface area contributed by atoms with Crippen LogP contribution in [-0.2, 0) is 4.79 Å². The molecule has 0 radical (unpaired) electrons. The zero-order valence-corrected chi connectivity index (χ0v) is 10.0. The van der Waals surface area contributed by atoms with Crippen molar-refractivity contribution in [3.63, 3.8) is 0 Å². The molecule has 0 saturated heterocycles. The number of anilines is 2. The van der Waals surface area contributed by atoms with Gasteiger partial charge >= 0.3 is 0 Å². The van der Waals surface area contributed by atoms with Gasteiger partial charge in [0.15, 0.2) is 0 Å². The van der Waals surface area contributed by atoms with Crippen molar-refractivity contribution in [1.82, 2.24) is 0 Å². The molecule has 4 heteroatoms. The quantitative estimate of drug-likeness (QED) is 0.676. The summed E-state index contributed by atoms with van der Waals surface area (Å²) in [6.45, 7) is 5.78. The molecule has 1 rings (SSSR count). The first-order valence-corrected chi connectivity index (χ1v) is 5.23. The maximum Gasteiger partial charge on any atom is 0.219 e. The number of carbonyl (C=O) groups is 1. The molecule has 0 aromatic heterocycles. The van der Waals surface area contributed by atoms with Crippen LogP contribution in [0.3, 0.4) is 0 Å². The van der Waals surface area contributed by atoms with Gasteiger partial charge in [0.05, 0.1) is 11.4 Å². The summed E-state index contributed by atoms with van der Waals surface area (Å²) < 4.78 is 0. The lowest BCUT2D eigenvalue weighted by molar-refractivity contribution is -0.118. The van der Waals surface area contributed by atoms with Crippen LogP contribution in [0.2, 0.25) is 0 Å². The summed E-state index contributed by atoms with van der Waals surface area (Å²) in [5.74, 6) is -0.330. The molecule has 1 amide bonds. The summed E-state index contributed by atoms with van der Waals surface area (Å²) in [5.41, 5.74) is 13.3. The van der Waals surface area contributed by atoms with E-state index in [1.165, 1.54) is 0 Å². The van der Waals surface area contributed by atoms with Gasteiger partial charge in [-0.3, -0.25) is 4.79 Å². The van der Waals surface area contributed by atoms with E-state index in [1.54, 1.807) is 0 Å². The third kappa shape index (κ3) is 3.15. The maximum atomic E-state index is 10.9. The number of primary amides is 1. The molecule has 1 aromatic rings. The van der Waals surface area contributed by atoms with Crippen LogP contribution < -0.4 is 16.8 Å². The van der Waals surface area contributed by atoms with Crippen LogP contribution in [0, 0.1) is 6.92 Å². The molecule has 16 heavy (non-hydrogen) atoms. The number of nitrogens with two attached hydrogens (primary N) is 2. The Morgan fingerprint density at radius 3 is 2.62 bits per heavy atom. The fraction of sp³-hybridized carbons (Fsp3) is 0.417. The SMILES string of the molecule is Cc1cccc(NC(C)(C)CC(N)=O)c1N. The van der Waals surface area contributed by atoms with Crippen molar-refractivity contribution in [3.05, 3.63) is 23.8 Å². The molecule has 0 bridgehead atoms. The van der Waals surface area contributed by atoms with Crippen LogP contribution >= 0.6 is 0 Å². The van der Waals surface area contributed by atoms with Gasteiger partial charge in [0.1, 0.15) is 0 Å². The number of benzene rings is 1. The molecule has 0 unspecified atom stereocenters. The van der Waals surface area contributed by atoms with Crippen molar-refractivity contribution in [2.75, 3.05) is 11.1 Å². The highest BCUT2D eigenvalue weighted by atomic mass is 16.1. The van der Waals surface area contributed by atoms with E-state index in [1.807, 2.05) is 39.0 Å². The van der Waals surface area contributed by atoms with E-state index in [2.05, 4.69) is 5.32 Å². The summed E-state index contributed by atoms with van der Waals surface area (Å²) in [6.07, 6.45) is 0.264. The zero-order chi connectivity index (χ0) is 12.3. The van der Waals surface area contributed by atoms with Crippen LogP contribution in [0.1, 0.15) is 25.8 Å². The summed E-state index contributed by atoms with van der Waals surface area (Å²) in [7, 11) is 0. The maximum absolute atomic E-state index is 10.9. The predicted molar refractivity (Wildman–Crippen MR) is 67.1 cm³/mol. The fourth-order valence-electron chi connectivity index (χ4n) is 1.63. The first-order valence-electron chi connectivity index (χ1n) is 5.23. The molecule has 4 nitrogen and oxygen atoms in total. The average Bonchev–Trinajstić information content (AvgIpc) is 2.10. The Morgan fingerprint density at radius 2 is 2.06 bits per heavy atom. The monoisotopic (exact) mass is 221 g/mol. The smallest absolute Gasteiger partial charge is 0.219 e. The summed E-state index contributed by atoms with van der Waals surface area (Å²) >= 11 is 0. The molecule has 0 heterocycles. The Bertz CT molecular complexity index is 399. The van der Waals surface area contributed by atoms with Gasteiger partial charge in [0.2, 0.25) is 5.91 Å². The normalized spacial score (nSPS) is 11.2. The molecule has 0 spiro atoms. The molecule has 0 aliphatic rings. The zero-order valence-electron chi connectivity index (χ0n) is 10.0. The van der Waals surface area contributed by atoms with Crippen LogP contribution in [0.5, 0.6) is 0 Å². The largest absolute Gasteiger partial charge is 0.397 e. The minimum absolute atomic E-state index is 0.264. The van der Waals surface area contributed by atoms with E-state index in [0.717, 1.165) is 11.3 Å². The van der Waals surface area contributed by atoms with Crippen molar-refractivity contribution in [2.45, 2.75) is 32.7 Å². The molecule has 0 aliphatic heterocycles. The molecule has 1 aromatic carbocycles. The minimum atomic E-state index is -0.395. The van der Waals surface area contributed by atoms with E-state index in [9.17, 15) is 4.79 Å². The second kappa shape index (κ2) is 4.43. The number of aryl methyl sites for hydroxylation is 1. The van der Waals surface area contributed by atoms with Crippen molar-refractivity contribution >= 4 is 17.3 Å². The van der Waals surface area contributed by atoms with Crippen LogP contribution in [0.15, 0.2) is 18.2 Å². The number of rotatable bonds is 4. The van der Waals surface area contributed by atoms with Crippen molar-refractivity contribution in [3.8, 4) is 0 Å². The van der Waals surface area contributed by atoms with Crippen LogP contribution in [-0.4, -0.2) is 11.4 Å². The predicted octanol–water partition coefficient (Wildman–Crippen LogP) is 1.64. The van der Waals surface area contributed by atoms with Crippen molar-refractivity contribution < 1.29 is 4.79 Å². The topological polar surface area (TPSA) is 81.1 Å². The molecule has 0 fully saturated rings. The molecule has 5 N–H and O–H groups in total. The summed E-state index contributed by atoms with van der Waals surface area (Å²) in [5, 5.41) is 3.23. The van der Waals surface area contributed by atoms with Crippen molar-refractivity contribution in [2.24, 2.45) is 5.73 Å². The Morgan fingerprint density at radius 1 is 1.44 bits per heavy atom. The van der Waals surface area contributed by atoms with Gasteiger partial charge in [-0.15, -0.1) is 0 Å². The Labute approximate surface area is 96.0 Å². The summed E-state index contributed by atoms with van der Waals surface area (Å²) in [4.78, 5) is 10.9. The van der Waals surface area contributed by atoms with Crippen LogP contribution in [0.4, 0.5) is 11.4 Å². The minimum Gasteiger partial charge on any atom is -0.397 e. The molecule has 0 aliphatic carbocycles. The van der Waals surface area contributed by atoms with Gasteiger partial charge in [-0.2, -0.15) is 0 Å². The number of nitrogens with one attached hydrogen (secondary N) is 1. The highest BCUT2D eigenvalue weighted by Crippen LogP contribution is 2.26. The highest BCUT2D eigenvalue weighted by Gasteiger charge is 2.21. The van der Waals surface area contributed by atoms with E-state index < -0.39 is 5.54 Å². The van der Waals surface area contributed by atoms with E-state index in [4.69, 9.17) is 11.5 Å². The van der Waals surface area contributed by atoms with Gasteiger partial charge in [-0.25, -0.2) is 0 Å². The molecular formula is C12H19N3O. The van der Waals surface area contributed by atoms with E-state index >= 15 is 0 Å². The lowest BCUT2D eigenvalue weighted by Crippen LogP contribution is -2.36. The van der Waals surface area contributed by atoms with E-state index in [0.29, 0.717) is 5.69 Å². The number of hydrogen-bond acceptors (Lipinski definition) is 3. The second-order valence-corrected chi connectivity index (χ2v) is 4.69. The lowest BCUT2D eigenvalue weighted by Gasteiger charge is -2.27. The first kappa shape index (κ1) is 12.4. The molecular weight excluding hydrogens is 202 g/mol. The number of hydrogen-bond donors (Lipinski definition) is 3. The van der Waals surface area contributed by atoms with Gasteiger partial charge in [0, 0.05) is 12.0 Å². The first-order chi connectivity index (χ1) is 7.32. The molecule has 88 valence electrons. The number of amides is 1. The molecule has 0 saturated carbocycles. The number of para-hydroxylation sites is 1. The van der Waals surface area contributed by atoms with Crippen LogP contribution in [0.25, 0.3) is 0 Å². The van der Waals surface area contributed by atoms with E-state index in [-0.39, 0.29) is 12.3 Å². The van der Waals surface area contributed by atoms with Gasteiger partial charge in [0.25, 0.3) is 0 Å². The lowest BCUT2D eigenvalue weighted by atomic mass is 9.99. The van der Waals surface area contributed by atoms with Gasteiger partial charge in [-0.05, 0) is 32.4 Å². The molecule has 0 atom stereocenters. The Balaban J connectivity index is 2.87. The number of nitrogen functional groups attached to an aromatic ring is 1. The van der Waals surface area contributed by atoms with Gasteiger partial charge < -0.3 is 16.8 Å². The average molecular weight is 221 g/mol. The third-order valence-electron chi connectivity index (χ3n) is 2.41. The second-order valence-electron chi connectivity index (χ2n) is 4.69. The highest BCUT2D eigenvalue weighted by molar-refractivity contribution is 5.77. The number of carbonyl (C=O) groups excluding carboxylic acids is 1. The summed E-state index contributed by atoms with van der Waals surface area (Å²) in [6, 6.07) is 5.76. The standard InChI is InChI=1S/C12H19N3O/c1-8-5-4-6-9(11(8)14)15-12(2,3)7-10(13)16/h4-6,15H,7,14H2,1-3H3,(H2,13,16). The van der Waals surface area contributed by atoms with Crippen molar-refractivity contribution in [1.29, 1.82) is 0 Å². The third-order valence-corrected chi connectivity index (χ3v) is 2.41. The Kier molecular flexibility index (Phi) is 3.42.